The Morgan fingerprint density at radius 1 is 1.11 bits per heavy atom. The van der Waals surface area contributed by atoms with Crippen LogP contribution in [0.3, 0.4) is 0 Å². The van der Waals surface area contributed by atoms with Crippen LogP contribution < -0.4 is 16.4 Å². The number of anilines is 2. The third-order valence-corrected chi connectivity index (χ3v) is 2.37. The number of nitrogens with two attached hydrogens (primary N) is 1. The molecule has 5 nitrogen and oxygen atoms in total. The molecule has 1 aromatic heterocycles. The molecule has 0 aliphatic rings. The van der Waals surface area contributed by atoms with E-state index >= 15 is 0 Å². The Kier molecular flexibility index (Phi) is 3.88. The summed E-state index contributed by atoms with van der Waals surface area (Å²) in [6.45, 7) is 0.328. The highest BCUT2D eigenvalue weighted by atomic mass is 16.2. The van der Waals surface area contributed by atoms with Gasteiger partial charge in [-0.3, -0.25) is 5.32 Å². The van der Waals surface area contributed by atoms with E-state index in [1.54, 1.807) is 12.3 Å². The Balaban J connectivity index is 2.03. The van der Waals surface area contributed by atoms with Gasteiger partial charge >= 0.3 is 6.03 Å². The second-order valence-corrected chi connectivity index (χ2v) is 3.66. The first-order valence-corrected chi connectivity index (χ1v) is 5.56. The Bertz CT molecular complexity index is 528. The molecule has 0 atom stereocenters. The number of hydrogen-bond acceptors (Lipinski definition) is 3. The Morgan fingerprint density at radius 2 is 1.89 bits per heavy atom. The van der Waals surface area contributed by atoms with Gasteiger partial charge in [-0.25, -0.2) is 9.78 Å². The van der Waals surface area contributed by atoms with Crippen molar-refractivity contribution < 1.29 is 4.79 Å². The van der Waals surface area contributed by atoms with Crippen molar-refractivity contribution in [3.8, 4) is 0 Å². The minimum absolute atomic E-state index is 0.328. The number of hydrogen-bond donors (Lipinski definition) is 3. The van der Waals surface area contributed by atoms with E-state index < -0.39 is 0 Å². The molecule has 2 rings (SSSR count). The topological polar surface area (TPSA) is 80.0 Å². The number of amides is 2. The lowest BCUT2D eigenvalue weighted by molar-refractivity contribution is 0.262. The smallest absolute Gasteiger partial charge is 0.324 e. The summed E-state index contributed by atoms with van der Waals surface area (Å²) < 4.78 is 0. The molecule has 0 saturated heterocycles. The van der Waals surface area contributed by atoms with Crippen LogP contribution >= 0.6 is 0 Å². The largest absolute Gasteiger partial charge is 0.326 e. The van der Waals surface area contributed by atoms with Gasteiger partial charge in [0, 0.05) is 24.0 Å². The SMILES string of the molecule is NCc1cccnc1NC(=O)Nc1ccccc1. The van der Waals surface area contributed by atoms with Gasteiger partial charge in [-0.1, -0.05) is 24.3 Å². The number of nitrogens with zero attached hydrogens (tertiary/aromatic N) is 1. The number of aromatic nitrogens is 1. The number of urea groups is 1. The summed E-state index contributed by atoms with van der Waals surface area (Å²) in [5.74, 6) is 0.480. The molecule has 0 spiro atoms. The van der Waals surface area contributed by atoms with Crippen LogP contribution in [0.25, 0.3) is 0 Å². The predicted molar refractivity (Wildman–Crippen MR) is 71.2 cm³/mol. The molecule has 0 aliphatic carbocycles. The maximum atomic E-state index is 11.7. The molecule has 2 aromatic rings. The molecule has 1 aromatic carbocycles. The lowest BCUT2D eigenvalue weighted by Gasteiger charge is -2.09. The van der Waals surface area contributed by atoms with Crippen LogP contribution in [0.5, 0.6) is 0 Å². The number of carbonyl (C=O) groups excluding carboxylic acids is 1. The Labute approximate surface area is 105 Å². The van der Waals surface area contributed by atoms with Gasteiger partial charge in [0.2, 0.25) is 0 Å². The second-order valence-electron chi connectivity index (χ2n) is 3.66. The Morgan fingerprint density at radius 3 is 2.61 bits per heavy atom. The highest BCUT2D eigenvalue weighted by molar-refractivity contribution is 5.99. The molecule has 0 unspecified atom stereocenters. The molecule has 0 saturated carbocycles. The normalized spacial score (nSPS) is 9.83. The van der Waals surface area contributed by atoms with E-state index in [4.69, 9.17) is 5.73 Å². The first-order valence-electron chi connectivity index (χ1n) is 5.56. The summed E-state index contributed by atoms with van der Waals surface area (Å²) in [4.78, 5) is 15.8. The van der Waals surface area contributed by atoms with Gasteiger partial charge in [0.05, 0.1) is 0 Å². The van der Waals surface area contributed by atoms with E-state index in [9.17, 15) is 4.79 Å². The predicted octanol–water partition coefficient (Wildman–Crippen LogP) is 2.18. The standard InChI is InChI=1S/C13H14N4O/c14-9-10-5-4-8-15-12(10)17-13(18)16-11-6-2-1-3-7-11/h1-8H,9,14H2,(H2,15,16,17,18). The van der Waals surface area contributed by atoms with Crippen molar-refractivity contribution >= 4 is 17.5 Å². The average molecular weight is 242 g/mol. The fourth-order valence-corrected chi connectivity index (χ4v) is 1.51. The van der Waals surface area contributed by atoms with E-state index in [2.05, 4.69) is 15.6 Å². The number of nitrogens with one attached hydrogen (secondary N) is 2. The van der Waals surface area contributed by atoms with Gasteiger partial charge in [-0.15, -0.1) is 0 Å². The molecule has 0 aliphatic heterocycles. The van der Waals surface area contributed by atoms with Crippen LogP contribution in [0, 0.1) is 0 Å². The molecule has 0 radical (unpaired) electrons. The molecule has 4 N–H and O–H groups in total. The summed E-state index contributed by atoms with van der Waals surface area (Å²) in [5.41, 5.74) is 7.08. The van der Waals surface area contributed by atoms with Crippen molar-refractivity contribution in [2.75, 3.05) is 10.6 Å². The second kappa shape index (κ2) is 5.79. The maximum Gasteiger partial charge on any atom is 0.324 e. The number of para-hydroxylation sites is 1. The van der Waals surface area contributed by atoms with E-state index in [0.717, 1.165) is 11.3 Å². The van der Waals surface area contributed by atoms with E-state index in [1.807, 2.05) is 36.4 Å². The molecule has 5 heteroatoms. The molecule has 92 valence electrons. The highest BCUT2D eigenvalue weighted by Crippen LogP contribution is 2.11. The zero-order valence-electron chi connectivity index (χ0n) is 9.76. The van der Waals surface area contributed by atoms with Crippen LogP contribution in [-0.4, -0.2) is 11.0 Å². The van der Waals surface area contributed by atoms with Crippen LogP contribution in [0.1, 0.15) is 5.56 Å². The zero-order chi connectivity index (χ0) is 12.8. The minimum atomic E-state index is -0.338. The minimum Gasteiger partial charge on any atom is -0.326 e. The average Bonchev–Trinajstić information content (AvgIpc) is 2.40. The summed E-state index contributed by atoms with van der Waals surface area (Å²) >= 11 is 0. The molecule has 18 heavy (non-hydrogen) atoms. The molecule has 2 amide bonds. The summed E-state index contributed by atoms with van der Waals surface area (Å²) in [6.07, 6.45) is 1.61. The monoisotopic (exact) mass is 242 g/mol. The van der Waals surface area contributed by atoms with Crippen LogP contribution in [0.4, 0.5) is 16.3 Å². The van der Waals surface area contributed by atoms with Crippen molar-refractivity contribution in [1.29, 1.82) is 0 Å². The number of pyridine rings is 1. The first kappa shape index (κ1) is 12.1. The molecule has 0 fully saturated rings. The summed E-state index contributed by atoms with van der Waals surface area (Å²) in [6, 6.07) is 12.5. The van der Waals surface area contributed by atoms with Gasteiger partial charge in [0.25, 0.3) is 0 Å². The third-order valence-electron chi connectivity index (χ3n) is 2.37. The zero-order valence-corrected chi connectivity index (χ0v) is 9.76. The summed E-state index contributed by atoms with van der Waals surface area (Å²) in [7, 11) is 0. The van der Waals surface area contributed by atoms with Gasteiger partial charge in [-0.2, -0.15) is 0 Å². The molecule has 0 bridgehead atoms. The van der Waals surface area contributed by atoms with Crippen LogP contribution in [0.2, 0.25) is 0 Å². The van der Waals surface area contributed by atoms with E-state index in [1.165, 1.54) is 0 Å². The maximum absolute atomic E-state index is 11.7. The van der Waals surface area contributed by atoms with E-state index in [0.29, 0.717) is 12.4 Å². The fraction of sp³-hybridized carbons (Fsp3) is 0.0769. The van der Waals surface area contributed by atoms with Crippen molar-refractivity contribution in [3.05, 3.63) is 54.2 Å². The van der Waals surface area contributed by atoms with Crippen LogP contribution in [0.15, 0.2) is 48.7 Å². The van der Waals surface area contributed by atoms with Gasteiger partial charge in [-0.05, 0) is 18.2 Å². The number of carbonyl (C=O) groups is 1. The van der Waals surface area contributed by atoms with Crippen molar-refractivity contribution in [2.24, 2.45) is 5.73 Å². The third kappa shape index (κ3) is 3.05. The molecular weight excluding hydrogens is 228 g/mol. The lowest BCUT2D eigenvalue weighted by Crippen LogP contribution is -2.21. The van der Waals surface area contributed by atoms with Crippen LogP contribution in [-0.2, 0) is 6.54 Å². The summed E-state index contributed by atoms with van der Waals surface area (Å²) in [5, 5.41) is 5.38. The first-order chi connectivity index (χ1) is 8.79. The quantitative estimate of drug-likeness (QED) is 0.771. The molecule has 1 heterocycles. The molecular formula is C13H14N4O. The highest BCUT2D eigenvalue weighted by Gasteiger charge is 2.06. The van der Waals surface area contributed by atoms with Crippen molar-refractivity contribution in [3.63, 3.8) is 0 Å². The van der Waals surface area contributed by atoms with Gasteiger partial charge in [0.15, 0.2) is 0 Å². The number of rotatable bonds is 3. The fourth-order valence-electron chi connectivity index (χ4n) is 1.51. The van der Waals surface area contributed by atoms with Gasteiger partial charge < -0.3 is 11.1 Å². The van der Waals surface area contributed by atoms with Crippen molar-refractivity contribution in [1.82, 2.24) is 4.98 Å². The Hall–Kier alpha value is -2.40. The number of benzene rings is 1. The van der Waals surface area contributed by atoms with Gasteiger partial charge in [0.1, 0.15) is 5.82 Å². The van der Waals surface area contributed by atoms with Crippen molar-refractivity contribution in [2.45, 2.75) is 6.54 Å². The van der Waals surface area contributed by atoms with E-state index in [-0.39, 0.29) is 6.03 Å². The lowest BCUT2D eigenvalue weighted by atomic mass is 10.2.